The summed E-state index contributed by atoms with van der Waals surface area (Å²) >= 11 is 6.03. The van der Waals surface area contributed by atoms with Gasteiger partial charge in [-0.3, -0.25) is 9.48 Å². The lowest BCUT2D eigenvalue weighted by Crippen LogP contribution is -2.26. The van der Waals surface area contributed by atoms with E-state index >= 15 is 0 Å². The van der Waals surface area contributed by atoms with E-state index in [0.29, 0.717) is 23.0 Å². The fourth-order valence-electron chi connectivity index (χ4n) is 2.22. The summed E-state index contributed by atoms with van der Waals surface area (Å²) in [6, 6.07) is 10.7. The van der Waals surface area contributed by atoms with Gasteiger partial charge in [-0.15, -0.1) is 0 Å². The van der Waals surface area contributed by atoms with Crippen molar-refractivity contribution in [3.63, 3.8) is 0 Å². The average molecular weight is 360 g/mol. The maximum atomic E-state index is 12.1. The number of nitrogens with zero attached hydrogens (tertiary/aromatic N) is 4. The van der Waals surface area contributed by atoms with Gasteiger partial charge in [0.15, 0.2) is 6.73 Å². The molecule has 0 atom stereocenters. The molecule has 0 aliphatic heterocycles. The van der Waals surface area contributed by atoms with E-state index in [4.69, 9.17) is 16.3 Å². The molecular weight excluding hydrogens is 342 g/mol. The number of hydrogen-bond acceptors (Lipinski definition) is 4. The summed E-state index contributed by atoms with van der Waals surface area (Å²) in [5, 5.41) is 11.7. The summed E-state index contributed by atoms with van der Waals surface area (Å²) in [7, 11) is 0. The van der Waals surface area contributed by atoms with E-state index in [1.165, 1.54) is 0 Å². The Kier molecular flexibility index (Phi) is 5.69. The molecule has 0 fully saturated rings. The molecule has 0 unspecified atom stereocenters. The minimum absolute atomic E-state index is 0.177. The monoisotopic (exact) mass is 359 g/mol. The molecule has 1 aromatic carbocycles. The van der Waals surface area contributed by atoms with Gasteiger partial charge in [0.25, 0.3) is 5.91 Å². The number of aryl methyl sites for hydroxylation is 1. The maximum Gasteiger partial charge on any atom is 0.271 e. The van der Waals surface area contributed by atoms with Crippen LogP contribution in [-0.4, -0.2) is 32.0 Å². The Hall–Kier alpha value is -2.80. The summed E-state index contributed by atoms with van der Waals surface area (Å²) in [5.41, 5.74) is 0.349. The molecule has 1 N–H and O–H groups in total. The Morgan fingerprint density at radius 1 is 1.16 bits per heavy atom. The lowest BCUT2D eigenvalue weighted by atomic mass is 10.3. The van der Waals surface area contributed by atoms with Gasteiger partial charge >= 0.3 is 0 Å². The number of benzene rings is 1. The van der Waals surface area contributed by atoms with Gasteiger partial charge in [-0.2, -0.15) is 10.2 Å². The third-order valence-corrected chi connectivity index (χ3v) is 3.78. The summed E-state index contributed by atoms with van der Waals surface area (Å²) in [6.45, 7) is 1.49. The number of carbonyl (C=O) groups excluding carboxylic acids is 1. The van der Waals surface area contributed by atoms with Crippen molar-refractivity contribution in [2.24, 2.45) is 0 Å². The van der Waals surface area contributed by atoms with Gasteiger partial charge in [-0.1, -0.05) is 23.7 Å². The topological polar surface area (TPSA) is 74.0 Å². The van der Waals surface area contributed by atoms with Gasteiger partial charge in [0, 0.05) is 31.7 Å². The van der Waals surface area contributed by atoms with Crippen molar-refractivity contribution >= 4 is 17.5 Å². The number of nitrogens with one attached hydrogen (secondary N) is 1. The molecule has 25 heavy (non-hydrogen) atoms. The van der Waals surface area contributed by atoms with Crippen molar-refractivity contribution in [3.8, 4) is 5.75 Å². The molecule has 0 saturated heterocycles. The number of para-hydroxylation sites is 1. The number of carbonyl (C=O) groups is 1. The largest absolute Gasteiger partial charge is 0.470 e. The van der Waals surface area contributed by atoms with Crippen LogP contribution in [0.3, 0.4) is 0 Å². The van der Waals surface area contributed by atoms with Crippen LogP contribution in [0.2, 0.25) is 5.02 Å². The van der Waals surface area contributed by atoms with Crippen LogP contribution in [0.5, 0.6) is 5.75 Å². The Morgan fingerprint density at radius 3 is 2.84 bits per heavy atom. The van der Waals surface area contributed by atoms with Gasteiger partial charge in [0.05, 0.1) is 5.02 Å². The van der Waals surface area contributed by atoms with Crippen molar-refractivity contribution in [3.05, 3.63) is 65.7 Å². The number of rotatable bonds is 8. The Labute approximate surface area is 150 Å². The molecule has 2 aromatic heterocycles. The molecule has 0 spiro atoms. The molecule has 0 saturated carbocycles. The highest BCUT2D eigenvalue weighted by atomic mass is 35.5. The maximum absolute atomic E-state index is 12.1. The zero-order valence-corrected chi connectivity index (χ0v) is 14.3. The molecule has 3 rings (SSSR count). The second-order valence-electron chi connectivity index (χ2n) is 5.32. The Bertz CT molecular complexity index is 816. The molecule has 0 aliphatic carbocycles. The van der Waals surface area contributed by atoms with E-state index in [0.717, 1.165) is 13.0 Å². The van der Waals surface area contributed by atoms with E-state index in [-0.39, 0.29) is 12.6 Å². The van der Waals surface area contributed by atoms with Crippen LogP contribution in [-0.2, 0) is 13.3 Å². The van der Waals surface area contributed by atoms with Crippen molar-refractivity contribution in [1.29, 1.82) is 0 Å². The van der Waals surface area contributed by atoms with Gasteiger partial charge < -0.3 is 10.1 Å². The first-order chi connectivity index (χ1) is 12.2. The number of ether oxygens (including phenoxy) is 1. The smallest absolute Gasteiger partial charge is 0.271 e. The molecular formula is C17H18ClN5O2. The Morgan fingerprint density at radius 2 is 2.04 bits per heavy atom. The van der Waals surface area contributed by atoms with Crippen LogP contribution in [0.1, 0.15) is 16.9 Å². The van der Waals surface area contributed by atoms with E-state index in [9.17, 15) is 4.79 Å². The van der Waals surface area contributed by atoms with E-state index in [1.807, 2.05) is 29.1 Å². The minimum Gasteiger partial charge on any atom is -0.470 e. The van der Waals surface area contributed by atoms with Crippen molar-refractivity contribution in [2.75, 3.05) is 6.54 Å². The molecule has 3 aromatic rings. The molecule has 130 valence electrons. The molecule has 2 heterocycles. The lowest BCUT2D eigenvalue weighted by Gasteiger charge is -2.07. The van der Waals surface area contributed by atoms with Crippen LogP contribution in [0.4, 0.5) is 0 Å². The van der Waals surface area contributed by atoms with E-state index in [2.05, 4.69) is 15.5 Å². The molecule has 0 bridgehead atoms. The fraction of sp³-hybridized carbons (Fsp3) is 0.235. The van der Waals surface area contributed by atoms with Crippen LogP contribution in [0.25, 0.3) is 0 Å². The first-order valence-corrected chi connectivity index (χ1v) is 8.26. The third-order valence-electron chi connectivity index (χ3n) is 3.47. The minimum atomic E-state index is -0.211. The van der Waals surface area contributed by atoms with Crippen molar-refractivity contribution in [2.45, 2.75) is 19.7 Å². The van der Waals surface area contributed by atoms with Gasteiger partial charge in [-0.25, -0.2) is 4.68 Å². The Balaban J connectivity index is 1.44. The number of aromatic nitrogens is 4. The zero-order valence-electron chi connectivity index (χ0n) is 13.5. The third kappa shape index (κ3) is 4.84. The summed E-state index contributed by atoms with van der Waals surface area (Å²) in [6.07, 6.45) is 6.11. The quantitative estimate of drug-likeness (QED) is 0.627. The molecule has 8 heteroatoms. The fourth-order valence-corrected chi connectivity index (χ4v) is 2.41. The SMILES string of the molecule is O=C(NCCCn1cccn1)c1ccn(COc2ccccc2Cl)n1. The second kappa shape index (κ2) is 8.34. The highest BCUT2D eigenvalue weighted by molar-refractivity contribution is 6.32. The van der Waals surface area contributed by atoms with E-state index < -0.39 is 0 Å². The average Bonchev–Trinajstić information content (AvgIpc) is 3.30. The summed E-state index contributed by atoms with van der Waals surface area (Å²) < 4.78 is 8.95. The van der Waals surface area contributed by atoms with Crippen LogP contribution in [0, 0.1) is 0 Å². The highest BCUT2D eigenvalue weighted by Gasteiger charge is 2.09. The standard InChI is InChI=1S/C17H18ClN5O2/c18-14-5-1-2-6-16(14)25-13-23-12-7-15(21-23)17(24)19-8-3-10-22-11-4-9-20-22/h1-2,4-7,9,11-12H,3,8,10,13H2,(H,19,24). The summed E-state index contributed by atoms with van der Waals surface area (Å²) in [4.78, 5) is 12.1. The summed E-state index contributed by atoms with van der Waals surface area (Å²) in [5.74, 6) is 0.362. The highest BCUT2D eigenvalue weighted by Crippen LogP contribution is 2.23. The molecule has 0 radical (unpaired) electrons. The van der Waals surface area contributed by atoms with Gasteiger partial charge in [0.2, 0.25) is 0 Å². The number of amides is 1. The lowest BCUT2D eigenvalue weighted by molar-refractivity contribution is 0.0945. The van der Waals surface area contributed by atoms with E-state index in [1.54, 1.807) is 35.3 Å². The van der Waals surface area contributed by atoms with Crippen molar-refractivity contribution in [1.82, 2.24) is 24.9 Å². The van der Waals surface area contributed by atoms with Crippen LogP contribution < -0.4 is 10.1 Å². The molecule has 7 nitrogen and oxygen atoms in total. The van der Waals surface area contributed by atoms with Crippen LogP contribution in [0.15, 0.2) is 55.0 Å². The first-order valence-electron chi connectivity index (χ1n) is 7.89. The zero-order chi connectivity index (χ0) is 17.5. The number of halogens is 1. The van der Waals surface area contributed by atoms with Gasteiger partial charge in [0.1, 0.15) is 11.4 Å². The van der Waals surface area contributed by atoms with Gasteiger partial charge in [-0.05, 0) is 30.7 Å². The predicted octanol–water partition coefficient (Wildman–Crippen LogP) is 2.59. The number of hydrogen-bond donors (Lipinski definition) is 1. The molecule has 0 aliphatic rings. The first kappa shape index (κ1) is 17.0. The van der Waals surface area contributed by atoms with Crippen LogP contribution >= 0.6 is 11.6 Å². The second-order valence-corrected chi connectivity index (χ2v) is 5.73. The molecule has 1 amide bonds. The predicted molar refractivity (Wildman–Crippen MR) is 93.5 cm³/mol. The van der Waals surface area contributed by atoms with Crippen molar-refractivity contribution < 1.29 is 9.53 Å². The normalized spacial score (nSPS) is 10.6.